The summed E-state index contributed by atoms with van der Waals surface area (Å²) in [6.07, 6.45) is 2.26. The molecule has 1 aromatic heterocycles. The molecule has 0 spiro atoms. The maximum atomic E-state index is 11.5. The third-order valence-corrected chi connectivity index (χ3v) is 2.83. The number of aliphatic hydroxyl groups excluding tert-OH is 1. The van der Waals surface area contributed by atoms with Crippen molar-refractivity contribution in [3.8, 4) is 0 Å². The summed E-state index contributed by atoms with van der Waals surface area (Å²) >= 11 is 0. The molecule has 20 heavy (non-hydrogen) atoms. The smallest absolute Gasteiger partial charge is 0.341 e. The van der Waals surface area contributed by atoms with Gasteiger partial charge < -0.3 is 15.6 Å². The number of benzene rings is 1. The Kier molecular flexibility index (Phi) is 4.37. The Morgan fingerprint density at radius 3 is 2.80 bits per heavy atom. The van der Waals surface area contributed by atoms with Crippen LogP contribution in [-0.2, 0) is 11.3 Å². The Morgan fingerprint density at radius 2 is 2.15 bits per heavy atom. The van der Waals surface area contributed by atoms with E-state index in [2.05, 4.69) is 5.10 Å². The van der Waals surface area contributed by atoms with Crippen molar-refractivity contribution in [3.05, 3.63) is 47.8 Å². The predicted molar refractivity (Wildman–Crippen MR) is 74.0 cm³/mol. The summed E-state index contributed by atoms with van der Waals surface area (Å²) in [5.74, 6) is -0.416. The van der Waals surface area contributed by atoms with Crippen LogP contribution in [-0.4, -0.2) is 27.5 Å². The zero-order valence-corrected chi connectivity index (χ0v) is 11.2. The average molecular weight is 275 g/mol. The molecule has 1 unspecified atom stereocenters. The number of hydrogen-bond donors (Lipinski definition) is 2. The Hall–Kier alpha value is -2.34. The molecule has 0 saturated carbocycles. The van der Waals surface area contributed by atoms with Crippen LogP contribution >= 0.6 is 0 Å². The summed E-state index contributed by atoms with van der Waals surface area (Å²) < 4.78 is 6.38. The minimum absolute atomic E-state index is 0.253. The van der Waals surface area contributed by atoms with Crippen molar-refractivity contribution < 1.29 is 14.6 Å². The largest absolute Gasteiger partial charge is 0.462 e. The Labute approximate surface area is 116 Å². The third-order valence-electron chi connectivity index (χ3n) is 2.83. The minimum Gasteiger partial charge on any atom is -0.462 e. The molecule has 0 amide bonds. The van der Waals surface area contributed by atoms with Crippen LogP contribution in [0.1, 0.15) is 28.9 Å². The lowest BCUT2D eigenvalue weighted by atomic mass is 10.1. The molecule has 3 N–H and O–H groups in total. The monoisotopic (exact) mass is 275 g/mol. The van der Waals surface area contributed by atoms with Crippen molar-refractivity contribution in [1.82, 2.24) is 9.78 Å². The molecule has 1 heterocycles. The fourth-order valence-corrected chi connectivity index (χ4v) is 1.78. The molecule has 0 aliphatic carbocycles. The molecule has 0 radical (unpaired) electrons. The molecule has 0 fully saturated rings. The van der Waals surface area contributed by atoms with Gasteiger partial charge in [-0.15, -0.1) is 0 Å². The van der Waals surface area contributed by atoms with E-state index in [0.29, 0.717) is 17.9 Å². The molecule has 6 nitrogen and oxygen atoms in total. The number of aromatic nitrogens is 2. The third kappa shape index (κ3) is 3.36. The summed E-state index contributed by atoms with van der Waals surface area (Å²) in [6.45, 7) is 2.31. The Morgan fingerprint density at radius 1 is 1.45 bits per heavy atom. The number of rotatable bonds is 5. The maximum Gasteiger partial charge on any atom is 0.341 e. The van der Waals surface area contributed by atoms with E-state index in [-0.39, 0.29) is 6.54 Å². The number of ether oxygens (including phenoxy) is 1. The minimum atomic E-state index is -0.717. The van der Waals surface area contributed by atoms with Gasteiger partial charge in [0, 0.05) is 11.9 Å². The van der Waals surface area contributed by atoms with Gasteiger partial charge in [0.25, 0.3) is 0 Å². The highest BCUT2D eigenvalue weighted by molar-refractivity contribution is 5.88. The van der Waals surface area contributed by atoms with Crippen LogP contribution in [0.2, 0.25) is 0 Å². The zero-order chi connectivity index (χ0) is 14.5. The van der Waals surface area contributed by atoms with Gasteiger partial charge in [0.1, 0.15) is 0 Å². The zero-order valence-electron chi connectivity index (χ0n) is 11.2. The van der Waals surface area contributed by atoms with E-state index in [1.165, 1.54) is 10.9 Å². The second kappa shape index (κ2) is 6.21. The van der Waals surface area contributed by atoms with Crippen molar-refractivity contribution in [2.24, 2.45) is 0 Å². The van der Waals surface area contributed by atoms with E-state index in [9.17, 15) is 9.90 Å². The van der Waals surface area contributed by atoms with E-state index in [1.807, 2.05) is 0 Å². The van der Waals surface area contributed by atoms with Gasteiger partial charge in [-0.25, -0.2) is 4.79 Å². The van der Waals surface area contributed by atoms with Crippen molar-refractivity contribution in [2.45, 2.75) is 19.6 Å². The second-order valence-electron chi connectivity index (χ2n) is 4.35. The number of nitrogens with zero attached hydrogens (tertiary/aromatic N) is 2. The number of carbonyl (C=O) groups is 1. The average Bonchev–Trinajstić information content (AvgIpc) is 2.88. The molecule has 1 aromatic carbocycles. The van der Waals surface area contributed by atoms with Crippen LogP contribution in [0, 0.1) is 0 Å². The molecule has 6 heteroatoms. The number of anilines is 1. The standard InChI is InChI=1S/C14H17N3O3/c1-2-20-14(19)11-7-16-17(8-11)9-13(18)10-3-5-12(15)6-4-10/h3-8,13,18H,2,9,15H2,1H3. The quantitative estimate of drug-likeness (QED) is 0.635. The number of esters is 1. The first-order chi connectivity index (χ1) is 9.60. The predicted octanol–water partition coefficient (Wildman–Crippen LogP) is 1.38. The number of nitrogen functional groups attached to an aromatic ring is 1. The molecule has 2 rings (SSSR count). The molecule has 0 saturated heterocycles. The van der Waals surface area contributed by atoms with Gasteiger partial charge in [-0.3, -0.25) is 4.68 Å². The van der Waals surface area contributed by atoms with E-state index in [4.69, 9.17) is 10.5 Å². The Bertz CT molecular complexity index is 578. The molecular formula is C14H17N3O3. The van der Waals surface area contributed by atoms with Gasteiger partial charge in [-0.1, -0.05) is 12.1 Å². The second-order valence-corrected chi connectivity index (χ2v) is 4.35. The van der Waals surface area contributed by atoms with Crippen LogP contribution in [0.5, 0.6) is 0 Å². The van der Waals surface area contributed by atoms with Crippen molar-refractivity contribution in [1.29, 1.82) is 0 Å². The summed E-state index contributed by atoms with van der Waals surface area (Å²) in [7, 11) is 0. The van der Waals surface area contributed by atoms with E-state index in [0.717, 1.165) is 5.56 Å². The highest BCUT2D eigenvalue weighted by atomic mass is 16.5. The van der Waals surface area contributed by atoms with Crippen LogP contribution < -0.4 is 5.73 Å². The van der Waals surface area contributed by atoms with Gasteiger partial charge in [0.05, 0.1) is 31.0 Å². The van der Waals surface area contributed by atoms with E-state index in [1.54, 1.807) is 37.4 Å². The summed E-state index contributed by atoms with van der Waals surface area (Å²) in [4.78, 5) is 11.5. The first kappa shape index (κ1) is 14.1. The number of carbonyl (C=O) groups excluding carboxylic acids is 1. The summed E-state index contributed by atoms with van der Waals surface area (Å²) in [6, 6.07) is 6.98. The van der Waals surface area contributed by atoms with Crippen LogP contribution in [0.3, 0.4) is 0 Å². The van der Waals surface area contributed by atoms with Crippen molar-refractivity contribution >= 4 is 11.7 Å². The van der Waals surface area contributed by atoms with Gasteiger partial charge in [-0.2, -0.15) is 5.10 Å². The Balaban J connectivity index is 2.03. The van der Waals surface area contributed by atoms with Crippen molar-refractivity contribution in [3.63, 3.8) is 0 Å². The lowest BCUT2D eigenvalue weighted by molar-refractivity contribution is 0.0526. The highest BCUT2D eigenvalue weighted by Crippen LogP contribution is 2.16. The molecule has 0 aliphatic heterocycles. The summed E-state index contributed by atoms with van der Waals surface area (Å²) in [5, 5.41) is 14.1. The molecule has 1 atom stereocenters. The SMILES string of the molecule is CCOC(=O)c1cnn(CC(O)c2ccc(N)cc2)c1. The highest BCUT2D eigenvalue weighted by Gasteiger charge is 2.12. The van der Waals surface area contributed by atoms with Crippen LogP contribution in [0.15, 0.2) is 36.7 Å². The van der Waals surface area contributed by atoms with Gasteiger partial charge >= 0.3 is 5.97 Å². The topological polar surface area (TPSA) is 90.4 Å². The summed E-state index contributed by atoms with van der Waals surface area (Å²) in [5.41, 5.74) is 7.35. The number of aliphatic hydroxyl groups is 1. The molecular weight excluding hydrogens is 258 g/mol. The first-order valence-corrected chi connectivity index (χ1v) is 6.33. The van der Waals surface area contributed by atoms with Gasteiger partial charge in [-0.05, 0) is 24.6 Å². The maximum absolute atomic E-state index is 11.5. The van der Waals surface area contributed by atoms with Crippen LogP contribution in [0.4, 0.5) is 5.69 Å². The number of hydrogen-bond acceptors (Lipinski definition) is 5. The molecule has 0 bridgehead atoms. The fraction of sp³-hybridized carbons (Fsp3) is 0.286. The normalized spacial score (nSPS) is 12.1. The lowest BCUT2D eigenvalue weighted by Crippen LogP contribution is -2.09. The molecule has 2 aromatic rings. The van der Waals surface area contributed by atoms with Gasteiger partial charge in [0.2, 0.25) is 0 Å². The van der Waals surface area contributed by atoms with E-state index >= 15 is 0 Å². The molecule has 0 aliphatic rings. The van der Waals surface area contributed by atoms with E-state index < -0.39 is 12.1 Å². The van der Waals surface area contributed by atoms with Crippen LogP contribution in [0.25, 0.3) is 0 Å². The number of nitrogens with two attached hydrogens (primary N) is 1. The van der Waals surface area contributed by atoms with Crippen molar-refractivity contribution in [2.75, 3.05) is 12.3 Å². The molecule has 106 valence electrons. The lowest BCUT2D eigenvalue weighted by Gasteiger charge is -2.11. The fourth-order valence-electron chi connectivity index (χ4n) is 1.78. The van der Waals surface area contributed by atoms with Gasteiger partial charge in [0.15, 0.2) is 0 Å². The first-order valence-electron chi connectivity index (χ1n) is 6.33.